The van der Waals surface area contributed by atoms with Crippen molar-refractivity contribution in [2.45, 2.75) is 20.0 Å². The van der Waals surface area contributed by atoms with Crippen molar-refractivity contribution in [1.29, 1.82) is 0 Å². The predicted octanol–water partition coefficient (Wildman–Crippen LogP) is 2.32. The average molecular weight is 391 g/mol. The number of rotatable bonds is 4. The summed E-state index contributed by atoms with van der Waals surface area (Å²) in [5, 5.41) is 0.662. The van der Waals surface area contributed by atoms with Crippen LogP contribution in [0.1, 0.15) is 11.1 Å². The third-order valence-corrected chi connectivity index (χ3v) is 4.50. The van der Waals surface area contributed by atoms with Crippen LogP contribution in [0.5, 0.6) is 17.2 Å². The zero-order valence-electron chi connectivity index (χ0n) is 14.9. The molecule has 3 rings (SSSR count). The molecule has 2 N–H and O–H groups in total. The van der Waals surface area contributed by atoms with Crippen LogP contribution in [-0.2, 0) is 9.59 Å². The van der Waals surface area contributed by atoms with Gasteiger partial charge in [-0.25, -0.2) is 0 Å². The average Bonchev–Trinajstić information content (AvgIpc) is 2.68. The van der Waals surface area contributed by atoms with Crippen molar-refractivity contribution in [3.05, 3.63) is 52.5 Å². The molecule has 2 aromatic rings. The van der Waals surface area contributed by atoms with E-state index in [0.29, 0.717) is 22.3 Å². The highest BCUT2D eigenvalue weighted by Crippen LogP contribution is 2.30. The van der Waals surface area contributed by atoms with Crippen molar-refractivity contribution in [3.63, 3.8) is 0 Å². The first-order valence-electron chi connectivity index (χ1n) is 8.31. The molecule has 1 aliphatic heterocycles. The van der Waals surface area contributed by atoms with Gasteiger partial charge in [-0.3, -0.25) is 20.4 Å². The minimum atomic E-state index is -0.859. The second-order valence-electron chi connectivity index (χ2n) is 6.06. The summed E-state index contributed by atoms with van der Waals surface area (Å²) in [7, 11) is 0. The Morgan fingerprint density at radius 2 is 1.81 bits per heavy atom. The Kier molecular flexibility index (Phi) is 5.71. The summed E-state index contributed by atoms with van der Waals surface area (Å²) in [5.41, 5.74) is 6.31. The second kappa shape index (κ2) is 8.18. The van der Waals surface area contributed by atoms with E-state index >= 15 is 0 Å². The molecule has 0 spiro atoms. The molecule has 0 saturated carbocycles. The minimum Gasteiger partial charge on any atom is -0.485 e. The van der Waals surface area contributed by atoms with Crippen LogP contribution in [0.15, 0.2) is 36.4 Å². The van der Waals surface area contributed by atoms with Crippen LogP contribution >= 0.6 is 11.6 Å². The Labute approximate surface area is 161 Å². The maximum absolute atomic E-state index is 12.1. The van der Waals surface area contributed by atoms with Crippen molar-refractivity contribution in [1.82, 2.24) is 10.9 Å². The van der Waals surface area contributed by atoms with Gasteiger partial charge in [0.2, 0.25) is 6.10 Å². The normalized spacial score (nSPS) is 15.0. The van der Waals surface area contributed by atoms with Gasteiger partial charge in [0.25, 0.3) is 11.8 Å². The zero-order chi connectivity index (χ0) is 19.4. The monoisotopic (exact) mass is 390 g/mol. The maximum Gasteiger partial charge on any atom is 0.283 e. The summed E-state index contributed by atoms with van der Waals surface area (Å²) >= 11 is 6.10. The summed E-state index contributed by atoms with van der Waals surface area (Å²) in [6.45, 7) is 3.50. The minimum absolute atomic E-state index is 0.0541. The highest BCUT2D eigenvalue weighted by molar-refractivity contribution is 6.32. The molecular weight excluding hydrogens is 372 g/mol. The predicted molar refractivity (Wildman–Crippen MR) is 99.1 cm³/mol. The van der Waals surface area contributed by atoms with Crippen LogP contribution in [0.4, 0.5) is 0 Å². The number of hydrogen-bond donors (Lipinski definition) is 2. The highest BCUT2D eigenvalue weighted by atomic mass is 35.5. The first kappa shape index (κ1) is 18.8. The molecule has 0 unspecified atom stereocenters. The molecule has 1 heterocycles. The fourth-order valence-corrected chi connectivity index (χ4v) is 2.64. The Balaban J connectivity index is 1.46. The topological polar surface area (TPSA) is 85.9 Å². The Hall–Kier alpha value is -2.93. The molecule has 1 aliphatic rings. The molecule has 2 amide bonds. The van der Waals surface area contributed by atoms with E-state index in [-0.39, 0.29) is 13.2 Å². The van der Waals surface area contributed by atoms with Gasteiger partial charge in [-0.15, -0.1) is 0 Å². The summed E-state index contributed by atoms with van der Waals surface area (Å²) in [6, 6.07) is 10.5. The third kappa shape index (κ3) is 4.62. The molecule has 8 heteroatoms. The van der Waals surface area contributed by atoms with Crippen LogP contribution in [0, 0.1) is 13.8 Å². The Morgan fingerprint density at radius 3 is 2.52 bits per heavy atom. The maximum atomic E-state index is 12.1. The van der Waals surface area contributed by atoms with Gasteiger partial charge in [-0.05, 0) is 49.2 Å². The van der Waals surface area contributed by atoms with Gasteiger partial charge >= 0.3 is 0 Å². The lowest BCUT2D eigenvalue weighted by Gasteiger charge is -2.25. The molecule has 0 fully saturated rings. The molecule has 0 radical (unpaired) electrons. The molecule has 0 aliphatic carbocycles. The van der Waals surface area contributed by atoms with Crippen molar-refractivity contribution in [2.75, 3.05) is 13.2 Å². The quantitative estimate of drug-likeness (QED) is 0.782. The van der Waals surface area contributed by atoms with Crippen LogP contribution in [0.2, 0.25) is 5.02 Å². The first-order chi connectivity index (χ1) is 12.9. The number of halogens is 1. The van der Waals surface area contributed by atoms with E-state index < -0.39 is 17.9 Å². The van der Waals surface area contributed by atoms with Gasteiger partial charge in [0.1, 0.15) is 12.4 Å². The number of aryl methyl sites for hydroxylation is 2. The van der Waals surface area contributed by atoms with Crippen molar-refractivity contribution < 1.29 is 23.8 Å². The number of para-hydroxylation sites is 2. The second-order valence-corrected chi connectivity index (χ2v) is 6.44. The van der Waals surface area contributed by atoms with Gasteiger partial charge in [0.05, 0.1) is 0 Å². The number of ether oxygens (including phenoxy) is 3. The number of benzene rings is 2. The number of carbonyl (C=O) groups excluding carboxylic acids is 2. The number of fused-ring (bicyclic) bond motifs is 1. The Morgan fingerprint density at radius 1 is 1.15 bits per heavy atom. The lowest BCUT2D eigenvalue weighted by molar-refractivity contribution is -0.135. The van der Waals surface area contributed by atoms with E-state index in [1.54, 1.807) is 30.3 Å². The lowest BCUT2D eigenvalue weighted by Crippen LogP contribution is -2.51. The van der Waals surface area contributed by atoms with E-state index in [4.69, 9.17) is 25.8 Å². The molecule has 7 nitrogen and oxygen atoms in total. The largest absolute Gasteiger partial charge is 0.485 e. The standard InChI is InChI=1S/C19H19ClN2O5/c1-11-7-13(8-12(2)18(11)20)25-10-17(23)21-22-19(24)16-9-26-14-5-3-4-6-15(14)27-16/h3-8,16H,9-10H2,1-2H3,(H,21,23)(H,22,24)/t16-/m0/s1. The SMILES string of the molecule is Cc1cc(OCC(=O)NNC(=O)[C@@H]2COc3ccccc3O2)cc(C)c1Cl. The van der Waals surface area contributed by atoms with Crippen LogP contribution in [-0.4, -0.2) is 31.1 Å². The van der Waals surface area contributed by atoms with E-state index in [9.17, 15) is 9.59 Å². The van der Waals surface area contributed by atoms with Crippen LogP contribution < -0.4 is 25.1 Å². The van der Waals surface area contributed by atoms with E-state index in [2.05, 4.69) is 10.9 Å². The van der Waals surface area contributed by atoms with Gasteiger partial charge < -0.3 is 14.2 Å². The summed E-state index contributed by atoms with van der Waals surface area (Å²) in [4.78, 5) is 24.0. The zero-order valence-corrected chi connectivity index (χ0v) is 15.6. The van der Waals surface area contributed by atoms with Crippen LogP contribution in [0.25, 0.3) is 0 Å². The van der Waals surface area contributed by atoms with E-state index in [1.807, 2.05) is 19.9 Å². The fourth-order valence-electron chi connectivity index (χ4n) is 2.54. The first-order valence-corrected chi connectivity index (χ1v) is 8.68. The van der Waals surface area contributed by atoms with Gasteiger partial charge in [0, 0.05) is 5.02 Å². The number of amides is 2. The molecule has 2 aromatic carbocycles. The summed E-state index contributed by atoms with van der Waals surface area (Å²) in [6.07, 6.45) is -0.859. The van der Waals surface area contributed by atoms with E-state index in [0.717, 1.165) is 11.1 Å². The van der Waals surface area contributed by atoms with Crippen molar-refractivity contribution in [3.8, 4) is 17.2 Å². The van der Waals surface area contributed by atoms with E-state index in [1.165, 1.54) is 0 Å². The number of hydrogen-bond acceptors (Lipinski definition) is 5. The molecule has 0 aromatic heterocycles. The summed E-state index contributed by atoms with van der Waals surface area (Å²) in [5.74, 6) is 0.554. The van der Waals surface area contributed by atoms with Gasteiger partial charge in [0.15, 0.2) is 18.1 Å². The van der Waals surface area contributed by atoms with Crippen LogP contribution in [0.3, 0.4) is 0 Å². The summed E-state index contributed by atoms with van der Waals surface area (Å²) < 4.78 is 16.5. The van der Waals surface area contributed by atoms with Crippen molar-refractivity contribution in [2.24, 2.45) is 0 Å². The number of carbonyl (C=O) groups is 2. The molecule has 0 bridgehead atoms. The Bertz CT molecular complexity index is 848. The lowest BCUT2D eigenvalue weighted by atomic mass is 10.1. The molecule has 27 heavy (non-hydrogen) atoms. The number of nitrogens with one attached hydrogen (secondary N) is 2. The molecular formula is C19H19ClN2O5. The highest BCUT2D eigenvalue weighted by Gasteiger charge is 2.27. The van der Waals surface area contributed by atoms with Crippen molar-refractivity contribution >= 4 is 23.4 Å². The fraction of sp³-hybridized carbons (Fsp3) is 0.263. The third-order valence-electron chi connectivity index (χ3n) is 3.91. The van der Waals surface area contributed by atoms with Gasteiger partial charge in [-0.1, -0.05) is 23.7 Å². The molecule has 1 atom stereocenters. The number of hydrazine groups is 1. The molecule has 0 saturated heterocycles. The van der Waals surface area contributed by atoms with Gasteiger partial charge in [-0.2, -0.15) is 0 Å². The smallest absolute Gasteiger partial charge is 0.283 e. The molecule has 142 valence electrons.